The van der Waals surface area contributed by atoms with Crippen molar-refractivity contribution < 1.29 is 83.2 Å². The van der Waals surface area contributed by atoms with Gasteiger partial charge in [-0.2, -0.15) is 4.89 Å². The zero-order chi connectivity index (χ0) is 43.5. The first-order valence-electron chi connectivity index (χ1n) is 20.0. The highest BCUT2D eigenvalue weighted by Crippen LogP contribution is 2.58. The molecular weight excluding hydrogens is 804 g/mol. The van der Waals surface area contributed by atoms with Crippen LogP contribution in [0.25, 0.3) is 0 Å². The molecule has 4 aliphatic heterocycles. The lowest BCUT2D eigenvalue weighted by Crippen LogP contribution is -2.61. The zero-order valence-corrected chi connectivity index (χ0v) is 33.9. The van der Waals surface area contributed by atoms with Crippen LogP contribution in [0.3, 0.4) is 0 Å². The van der Waals surface area contributed by atoms with Gasteiger partial charge in [-0.3, -0.25) is 9.59 Å². The number of carboxylic acids is 1. The van der Waals surface area contributed by atoms with Crippen LogP contribution in [-0.4, -0.2) is 126 Å². The molecule has 0 saturated carbocycles. The van der Waals surface area contributed by atoms with Gasteiger partial charge in [0, 0.05) is 46.8 Å². The summed E-state index contributed by atoms with van der Waals surface area (Å²) in [6.45, 7) is 3.23. The number of benzene rings is 3. The molecule has 19 nitrogen and oxygen atoms in total. The molecule has 3 aromatic rings. The highest BCUT2D eigenvalue weighted by molar-refractivity contribution is 5.90. The number of esters is 1. The summed E-state index contributed by atoms with van der Waals surface area (Å²) < 4.78 is 41.9. The Hall–Kier alpha value is -4.96. The van der Waals surface area contributed by atoms with Gasteiger partial charge < -0.3 is 79.7 Å². The second-order valence-corrected chi connectivity index (χ2v) is 15.8. The van der Waals surface area contributed by atoms with E-state index in [2.05, 4.69) is 19.2 Å². The summed E-state index contributed by atoms with van der Waals surface area (Å²) in [5, 5.41) is 64.9. The molecule has 1 saturated heterocycles. The molecule has 0 aromatic heterocycles. The molecule has 1 fully saturated rings. The van der Waals surface area contributed by atoms with Gasteiger partial charge in [-0.1, -0.05) is 26.0 Å². The Bertz CT molecular complexity index is 2060. The van der Waals surface area contributed by atoms with Gasteiger partial charge in [0.15, 0.2) is 29.6 Å². The molecule has 7 rings (SSSR count). The van der Waals surface area contributed by atoms with Crippen LogP contribution in [0.15, 0.2) is 36.4 Å². The molecule has 0 aliphatic carbocycles. The Balaban J connectivity index is 1.21. The number of hydrogen-bond donors (Lipinski definition) is 8. The van der Waals surface area contributed by atoms with E-state index < -0.39 is 80.7 Å². The molecule has 4 aliphatic rings. The second kappa shape index (κ2) is 19.0. The van der Waals surface area contributed by atoms with Crippen LogP contribution in [0.4, 0.5) is 0 Å². The SMILES string of the molecule is CNC[C@H](N)CO[C@@H]1O[C@H](COC(=O)CC(=O)O)[C@@H](O)[C@H](O)[C@H]1OOc1cc2c(cc1Cc1cccc(O)c1CO)OC[C@@H]1c3cc4c(c(CC(C)C)c3O[C@H]21)O[C@H](CO)O4. The van der Waals surface area contributed by atoms with Crippen LogP contribution in [0.2, 0.25) is 0 Å². The van der Waals surface area contributed by atoms with Gasteiger partial charge in [-0.25, -0.2) is 0 Å². The lowest BCUT2D eigenvalue weighted by atomic mass is 9.86. The minimum absolute atomic E-state index is 0.105. The van der Waals surface area contributed by atoms with Crippen molar-refractivity contribution in [2.75, 3.05) is 40.0 Å². The summed E-state index contributed by atoms with van der Waals surface area (Å²) in [5.41, 5.74) is 9.74. The quantitative estimate of drug-likeness (QED) is 0.0385. The van der Waals surface area contributed by atoms with Gasteiger partial charge in [0.25, 0.3) is 6.29 Å². The number of carbonyl (C=O) groups excluding carboxylic acids is 1. The molecule has 0 spiro atoms. The third-order valence-electron chi connectivity index (χ3n) is 10.8. The summed E-state index contributed by atoms with van der Waals surface area (Å²) in [7, 11) is 1.70. The second-order valence-electron chi connectivity index (χ2n) is 15.8. The number of aliphatic hydroxyl groups excluding tert-OH is 4. The van der Waals surface area contributed by atoms with Gasteiger partial charge in [0.1, 0.15) is 61.3 Å². The molecule has 0 radical (unpaired) electrons. The largest absolute Gasteiger partial charge is 0.508 e. The van der Waals surface area contributed by atoms with Gasteiger partial charge >= 0.3 is 11.9 Å². The third kappa shape index (κ3) is 9.44. The van der Waals surface area contributed by atoms with E-state index in [9.17, 15) is 35.1 Å². The topological polar surface area (TPSA) is 277 Å². The molecule has 4 heterocycles. The van der Waals surface area contributed by atoms with Crippen molar-refractivity contribution in [1.82, 2.24) is 5.32 Å². The van der Waals surface area contributed by atoms with Crippen LogP contribution >= 0.6 is 0 Å². The van der Waals surface area contributed by atoms with E-state index in [0.29, 0.717) is 58.2 Å². The predicted molar refractivity (Wildman–Crippen MR) is 209 cm³/mol. The number of hydrogen-bond acceptors (Lipinski definition) is 18. The van der Waals surface area contributed by atoms with E-state index in [4.69, 9.17) is 53.8 Å². The number of phenols is 1. The molecule has 0 amide bonds. The molecule has 0 unspecified atom stereocenters. The average molecular weight is 857 g/mol. The number of likely N-dealkylation sites (N-methyl/N-ethyl adjacent to an activating group) is 1. The first-order valence-corrected chi connectivity index (χ1v) is 20.0. The van der Waals surface area contributed by atoms with Crippen molar-refractivity contribution in [1.29, 1.82) is 0 Å². The maximum Gasteiger partial charge on any atom is 0.317 e. The number of aromatic hydroxyl groups is 1. The predicted octanol–water partition coefficient (Wildman–Crippen LogP) is 1.08. The van der Waals surface area contributed by atoms with Crippen LogP contribution in [-0.2, 0) is 48.1 Å². The molecule has 332 valence electrons. The van der Waals surface area contributed by atoms with Gasteiger partial charge in [0.05, 0.1) is 25.7 Å². The molecule has 9 N–H and O–H groups in total. The molecular formula is C42H52N2O17. The fraction of sp³-hybridized carbons (Fsp3) is 0.524. The first kappa shape index (κ1) is 44.1. The zero-order valence-electron chi connectivity index (χ0n) is 33.9. The Kier molecular flexibility index (Phi) is 13.7. The maximum atomic E-state index is 12.0. The third-order valence-corrected chi connectivity index (χ3v) is 10.8. The number of carboxylic acid groups (broad SMARTS) is 1. The monoisotopic (exact) mass is 856 g/mol. The van der Waals surface area contributed by atoms with E-state index in [-0.39, 0.29) is 49.6 Å². The normalized spacial score (nSPS) is 25.2. The average Bonchev–Trinajstić information content (AvgIpc) is 3.82. The van der Waals surface area contributed by atoms with E-state index in [1.165, 1.54) is 6.07 Å². The summed E-state index contributed by atoms with van der Waals surface area (Å²) in [6, 6.07) is 9.57. The summed E-state index contributed by atoms with van der Waals surface area (Å²) in [6.07, 6.45) is -9.44. The minimum Gasteiger partial charge on any atom is -0.508 e. The Morgan fingerprint density at radius 3 is 2.51 bits per heavy atom. The number of ether oxygens (including phenoxy) is 7. The van der Waals surface area contributed by atoms with Crippen molar-refractivity contribution in [3.05, 3.63) is 69.8 Å². The summed E-state index contributed by atoms with van der Waals surface area (Å²) in [5.74, 6) is -0.433. The number of rotatable bonds is 18. The Morgan fingerprint density at radius 2 is 1.79 bits per heavy atom. The van der Waals surface area contributed by atoms with Crippen LogP contribution < -0.4 is 34.9 Å². The van der Waals surface area contributed by atoms with E-state index >= 15 is 0 Å². The highest BCUT2D eigenvalue weighted by atomic mass is 17.2. The lowest BCUT2D eigenvalue weighted by molar-refractivity contribution is -0.373. The standard InChI is InChI=1S/C42H52N2O17/c1-19(2)7-25-38-23(10-31-40(25)58-35(15-46)56-31)27-17-53-30-9-21(8-20-5-4-6-28(47)26(20)14-45)29(11-24(30)39(27)59-38)60-61-41-37(52)36(51)32(18-54-34(50)12-33(48)49)57-42(41)55-16-22(43)13-44-3/h4-6,9-11,19,22,27,32,35-37,39,41-42,44-47,51-52H,7-8,12-18,43H2,1-3H3,(H,48,49)/t22-,27+,32+,35+,36+,37-,39+,41+,42+/m0/s1. The Labute approximate surface area is 350 Å². The number of nitrogens with two attached hydrogens (primary N) is 1. The fourth-order valence-electron chi connectivity index (χ4n) is 7.94. The number of aliphatic carboxylic acids is 1. The van der Waals surface area contributed by atoms with Crippen molar-refractivity contribution in [2.45, 2.75) is 94.8 Å². The van der Waals surface area contributed by atoms with E-state index in [0.717, 1.165) is 11.1 Å². The highest BCUT2D eigenvalue weighted by Gasteiger charge is 2.49. The smallest absolute Gasteiger partial charge is 0.317 e. The van der Waals surface area contributed by atoms with Gasteiger partial charge in [-0.05, 0) is 49.2 Å². The van der Waals surface area contributed by atoms with Gasteiger partial charge in [0.2, 0.25) is 0 Å². The molecule has 19 heteroatoms. The fourth-order valence-corrected chi connectivity index (χ4v) is 7.94. The lowest BCUT2D eigenvalue weighted by Gasteiger charge is -2.41. The van der Waals surface area contributed by atoms with Crippen molar-refractivity contribution in [2.24, 2.45) is 11.7 Å². The number of aliphatic hydroxyl groups is 4. The number of carbonyl (C=O) groups is 2. The van der Waals surface area contributed by atoms with Crippen molar-refractivity contribution in [3.8, 4) is 34.5 Å². The van der Waals surface area contributed by atoms with Crippen LogP contribution in [0, 0.1) is 5.92 Å². The minimum atomic E-state index is -1.76. The van der Waals surface area contributed by atoms with Crippen molar-refractivity contribution in [3.63, 3.8) is 0 Å². The summed E-state index contributed by atoms with van der Waals surface area (Å²) in [4.78, 5) is 35.0. The van der Waals surface area contributed by atoms with E-state index in [1.54, 1.807) is 31.3 Å². The van der Waals surface area contributed by atoms with Crippen molar-refractivity contribution >= 4 is 11.9 Å². The molecule has 9 atom stereocenters. The van der Waals surface area contributed by atoms with E-state index in [1.807, 2.05) is 6.07 Å². The molecule has 61 heavy (non-hydrogen) atoms. The molecule has 3 aromatic carbocycles. The van der Waals surface area contributed by atoms with Crippen LogP contribution in [0.5, 0.6) is 34.5 Å². The Morgan fingerprint density at radius 1 is 0.984 bits per heavy atom. The first-order chi connectivity index (χ1) is 29.3. The number of fused-ring (bicyclic) bond motifs is 6. The van der Waals surface area contributed by atoms with Crippen LogP contribution in [0.1, 0.15) is 65.7 Å². The maximum absolute atomic E-state index is 12.0. The van der Waals surface area contributed by atoms with Gasteiger partial charge in [-0.15, -0.1) is 0 Å². The number of nitrogens with one attached hydrogen (secondary N) is 1. The summed E-state index contributed by atoms with van der Waals surface area (Å²) >= 11 is 0. The molecule has 0 bridgehead atoms.